The van der Waals surface area contributed by atoms with Crippen molar-refractivity contribution in [3.05, 3.63) is 331 Å². The molecule has 7 heteroatoms. The van der Waals surface area contributed by atoms with E-state index in [-0.39, 0.29) is 85.0 Å². The van der Waals surface area contributed by atoms with Crippen molar-refractivity contribution in [1.82, 2.24) is 9.13 Å². The fraction of sp³-hybridized carbons (Fsp3) is 0.122. The number of nitriles is 2. The smallest absolute Gasteiger partial charge is 0.252 e. The molecule has 105 heavy (non-hydrogen) atoms. The molecule has 14 aromatic carbocycles. The highest BCUT2D eigenvalue weighted by Gasteiger charge is 2.46. The van der Waals surface area contributed by atoms with Gasteiger partial charge in [0.15, 0.2) is 0 Å². The van der Waals surface area contributed by atoms with E-state index in [1.165, 1.54) is 0 Å². The van der Waals surface area contributed by atoms with E-state index in [9.17, 15) is 25.6 Å². The van der Waals surface area contributed by atoms with E-state index in [0.29, 0.717) is 67.0 Å². The first-order valence-electron chi connectivity index (χ1n) is 41.6. The number of fused-ring (bicyclic) bond motifs is 10. The molecule has 0 saturated heterocycles. The van der Waals surface area contributed by atoms with Crippen molar-refractivity contribution in [3.63, 3.8) is 0 Å². The van der Waals surface area contributed by atoms with Crippen LogP contribution in [0.4, 0.5) is 34.1 Å². The molecule has 0 aliphatic carbocycles. The molecule has 502 valence electrons. The Morgan fingerprint density at radius 3 is 1.37 bits per heavy atom. The maximum absolute atomic E-state index is 12.6. The standard InChI is InChI=1S/C98H77BN6/c1-96(2,3)72-52-70(53-73(58-72)97(4,5)6)67-45-49-81-89(55-67)102(74-47-43-68(60-100)88(59-74)104-85-41-24-19-35-77(85)78-36-20-25-42-86(78)104)91-56-71(65-32-26-31-64(51-65)62-27-12-10-13-28-62)57-92-94(91)99(81)82-48-44-66(63-29-14-11-15-30-63)54-90(82)105(92)95-69(61-101)46-50-87(93(95)79-37-16-21-38-80(79)98(7,8)9)103-83-39-22-17-33-75(83)76-34-18-23-40-84(76)103/h10-59H,1-9H3/i11D,14D,15D,16D,21D,29D,30D,37D,38D,43D,47D,59D. The summed E-state index contributed by atoms with van der Waals surface area (Å²) in [7, 11) is 0. The zero-order valence-corrected chi connectivity index (χ0v) is 59.7. The lowest BCUT2D eigenvalue weighted by Gasteiger charge is -2.45. The highest BCUT2D eigenvalue weighted by atomic mass is 15.2. The van der Waals surface area contributed by atoms with Gasteiger partial charge in [-0.05, 0) is 184 Å². The third kappa shape index (κ3) is 10.6. The van der Waals surface area contributed by atoms with Crippen LogP contribution in [0.15, 0.2) is 303 Å². The number of hydrogen-bond acceptors (Lipinski definition) is 4. The van der Waals surface area contributed by atoms with Gasteiger partial charge in [0.1, 0.15) is 12.1 Å². The molecule has 2 aliphatic heterocycles. The van der Waals surface area contributed by atoms with Gasteiger partial charge in [-0.3, -0.25) is 0 Å². The summed E-state index contributed by atoms with van der Waals surface area (Å²) in [4.78, 5) is 3.88. The first kappa shape index (κ1) is 52.3. The monoisotopic (exact) mass is 1360 g/mol. The van der Waals surface area contributed by atoms with E-state index in [0.717, 1.165) is 66.0 Å². The van der Waals surface area contributed by atoms with Gasteiger partial charge >= 0.3 is 0 Å². The molecule has 0 amide bonds. The average molecular weight is 1360 g/mol. The normalized spacial score (nSPS) is 14.3. The molecule has 4 heterocycles. The van der Waals surface area contributed by atoms with Crippen molar-refractivity contribution >= 4 is 101 Å². The Morgan fingerprint density at radius 1 is 0.343 bits per heavy atom. The SMILES string of the molecule is [2H]c1c([2H])c([2H])c(-c2ccc3c(c2)N(c2c(C#N)ccc(-n4c5ccccc5c5ccccc54)c2-c2c([2H])c([2H])c([2H])c([2H])c2C(C)(C)C)c2cc(-c4cccc(-c5ccccc5)c4)cc4c2B3c2ccc(-c3cc(C(C)(C)C)cc(C(C)(C)C)c3)cc2N4c2c([2H])c([2H])c(C#N)c(-n3c4ccccc4c4ccccc43)c2[2H])c([2H])c1[2H]. The predicted molar refractivity (Wildman–Crippen MR) is 442 cm³/mol. The van der Waals surface area contributed by atoms with Gasteiger partial charge in [-0.2, -0.15) is 10.5 Å². The highest BCUT2D eigenvalue weighted by molar-refractivity contribution is 7.00. The predicted octanol–water partition coefficient (Wildman–Crippen LogP) is 23.9. The molecule has 0 saturated carbocycles. The third-order valence-electron chi connectivity index (χ3n) is 21.1. The van der Waals surface area contributed by atoms with E-state index in [4.69, 9.17) is 1.37 Å². The van der Waals surface area contributed by atoms with E-state index in [1.807, 2.05) is 199 Å². The Kier molecular flexibility index (Phi) is 12.2. The first-order chi connectivity index (χ1) is 55.9. The van der Waals surface area contributed by atoms with Crippen molar-refractivity contribution < 1.29 is 16.4 Å². The number of rotatable bonds is 9. The molecule has 2 aromatic heterocycles. The van der Waals surface area contributed by atoms with Crippen LogP contribution in [0, 0.1) is 22.7 Å². The van der Waals surface area contributed by atoms with Gasteiger partial charge in [0.25, 0.3) is 6.71 Å². The topological polar surface area (TPSA) is 63.9 Å². The summed E-state index contributed by atoms with van der Waals surface area (Å²) in [5.41, 5.74) is 12.8. The van der Waals surface area contributed by atoms with Crippen molar-refractivity contribution in [2.75, 3.05) is 9.80 Å². The van der Waals surface area contributed by atoms with E-state index in [2.05, 4.69) is 107 Å². The third-order valence-corrected chi connectivity index (χ3v) is 21.1. The minimum Gasteiger partial charge on any atom is -0.311 e. The largest absolute Gasteiger partial charge is 0.311 e. The highest BCUT2D eigenvalue weighted by Crippen LogP contribution is 2.54. The molecule has 0 N–H and O–H groups in total. The molecule has 18 rings (SSSR count). The molecule has 0 atom stereocenters. The maximum atomic E-state index is 12.6. The fourth-order valence-electron chi connectivity index (χ4n) is 16.0. The van der Waals surface area contributed by atoms with Gasteiger partial charge in [0.2, 0.25) is 0 Å². The number of aromatic nitrogens is 2. The Hall–Kier alpha value is -12.7. The molecule has 0 radical (unpaired) electrons. The van der Waals surface area contributed by atoms with Crippen LogP contribution in [0.3, 0.4) is 0 Å². The van der Waals surface area contributed by atoms with Crippen molar-refractivity contribution in [1.29, 1.82) is 10.5 Å². The molecule has 0 unspecified atom stereocenters. The summed E-state index contributed by atoms with van der Waals surface area (Å²) < 4.78 is 123. The molecule has 0 spiro atoms. The zero-order valence-electron chi connectivity index (χ0n) is 71.7. The number of benzene rings is 14. The quantitative estimate of drug-likeness (QED) is 0.135. The van der Waals surface area contributed by atoms with Gasteiger partial charge in [-0.15, -0.1) is 0 Å². The molecular weight excluding hydrogens is 1270 g/mol. The Morgan fingerprint density at radius 2 is 0.810 bits per heavy atom. The number of nitrogens with zero attached hydrogens (tertiary/aromatic N) is 6. The summed E-state index contributed by atoms with van der Waals surface area (Å²) in [5.74, 6) is 0. The molecule has 16 aromatic rings. The lowest BCUT2D eigenvalue weighted by molar-refractivity contribution is 0.569. The number of hydrogen-bond donors (Lipinski definition) is 0. The second-order valence-corrected chi connectivity index (χ2v) is 30.6. The van der Waals surface area contributed by atoms with Gasteiger partial charge in [-0.25, -0.2) is 0 Å². The van der Waals surface area contributed by atoms with Crippen LogP contribution in [-0.4, -0.2) is 15.8 Å². The summed E-state index contributed by atoms with van der Waals surface area (Å²) in [6.07, 6.45) is 0. The molecular formula is C98H77BN6. The van der Waals surface area contributed by atoms with Crippen LogP contribution in [0.2, 0.25) is 0 Å². The summed E-state index contributed by atoms with van der Waals surface area (Å²) in [6.45, 7) is 18.0. The van der Waals surface area contributed by atoms with Crippen molar-refractivity contribution in [2.45, 2.75) is 78.6 Å². The summed E-state index contributed by atoms with van der Waals surface area (Å²) >= 11 is 0. The Balaban J connectivity index is 1.08. The van der Waals surface area contributed by atoms with E-state index in [1.54, 1.807) is 18.2 Å². The average Bonchev–Trinajstić information content (AvgIpc) is 1.18. The van der Waals surface area contributed by atoms with Crippen LogP contribution >= 0.6 is 0 Å². The van der Waals surface area contributed by atoms with Gasteiger partial charge in [-0.1, -0.05) is 280 Å². The van der Waals surface area contributed by atoms with Crippen molar-refractivity contribution in [3.8, 4) is 79.1 Å². The lowest BCUT2D eigenvalue weighted by Crippen LogP contribution is -2.61. The second-order valence-electron chi connectivity index (χ2n) is 30.6. The van der Waals surface area contributed by atoms with Crippen molar-refractivity contribution in [2.24, 2.45) is 0 Å². The first-order valence-corrected chi connectivity index (χ1v) is 35.6. The van der Waals surface area contributed by atoms with E-state index < -0.39 is 66.5 Å². The summed E-state index contributed by atoms with van der Waals surface area (Å²) in [6, 6.07) is 75.2. The maximum Gasteiger partial charge on any atom is 0.252 e. The zero-order chi connectivity index (χ0) is 82.2. The Bertz CT molecular complexity index is 6940. The van der Waals surface area contributed by atoms with Crippen LogP contribution in [0.1, 0.15) is 107 Å². The fourth-order valence-corrected chi connectivity index (χ4v) is 16.0. The molecule has 2 aliphatic rings. The van der Waals surface area contributed by atoms with Crippen LogP contribution in [0.25, 0.3) is 111 Å². The van der Waals surface area contributed by atoms with Gasteiger partial charge in [0.05, 0.1) is 66.7 Å². The number of anilines is 6. The summed E-state index contributed by atoms with van der Waals surface area (Å²) in [5, 5.41) is 27.7. The molecule has 0 bridgehead atoms. The van der Waals surface area contributed by atoms with Crippen LogP contribution in [-0.2, 0) is 16.2 Å². The van der Waals surface area contributed by atoms with Crippen LogP contribution in [0.5, 0.6) is 0 Å². The number of para-hydroxylation sites is 4. The minimum absolute atomic E-state index is 0.0281. The second kappa shape index (κ2) is 24.5. The minimum atomic E-state index is -1.05. The van der Waals surface area contributed by atoms with Gasteiger partial charge in [0, 0.05) is 55.5 Å². The Labute approximate surface area is 632 Å². The molecule has 6 nitrogen and oxygen atoms in total. The molecule has 0 fully saturated rings. The lowest BCUT2D eigenvalue weighted by atomic mass is 9.33. The van der Waals surface area contributed by atoms with Gasteiger partial charge < -0.3 is 18.9 Å². The van der Waals surface area contributed by atoms with E-state index >= 15 is 0 Å². The van der Waals surface area contributed by atoms with Crippen LogP contribution < -0.4 is 26.2 Å².